The molecule has 0 atom stereocenters. The number of hydrogen-bond acceptors (Lipinski definition) is 2. The number of aryl methyl sites for hydroxylation is 1. The van der Waals surface area contributed by atoms with E-state index in [1.807, 2.05) is 30.0 Å². The quantitative estimate of drug-likeness (QED) is 0.793. The van der Waals surface area contributed by atoms with Gasteiger partial charge in [0.05, 0.1) is 0 Å². The molecular formula is C16H16N2O. The average Bonchev–Trinajstić information content (AvgIpc) is 2.85. The molecule has 3 rings (SSSR count). The summed E-state index contributed by atoms with van der Waals surface area (Å²) in [4.78, 5) is 14.3. The minimum Gasteiger partial charge on any atom is -0.399 e. The van der Waals surface area contributed by atoms with Gasteiger partial charge in [-0.1, -0.05) is 24.3 Å². The molecule has 3 nitrogen and oxygen atoms in total. The Kier molecular flexibility index (Phi) is 2.75. The number of carbonyl (C=O) groups is 1. The lowest BCUT2D eigenvalue weighted by molar-refractivity contribution is 0.0751. The second-order valence-electron chi connectivity index (χ2n) is 5.00. The van der Waals surface area contributed by atoms with E-state index in [1.165, 1.54) is 11.1 Å². The number of anilines is 1. The first-order valence-corrected chi connectivity index (χ1v) is 6.37. The second kappa shape index (κ2) is 4.43. The lowest BCUT2D eigenvalue weighted by atomic mass is 10.1. The van der Waals surface area contributed by atoms with E-state index in [2.05, 4.69) is 12.1 Å². The fraction of sp³-hybridized carbons (Fsp3) is 0.188. The summed E-state index contributed by atoms with van der Waals surface area (Å²) in [7, 11) is 0. The van der Waals surface area contributed by atoms with Gasteiger partial charge in [-0.15, -0.1) is 0 Å². The summed E-state index contributed by atoms with van der Waals surface area (Å²) < 4.78 is 0. The van der Waals surface area contributed by atoms with Gasteiger partial charge >= 0.3 is 0 Å². The van der Waals surface area contributed by atoms with E-state index in [-0.39, 0.29) is 5.91 Å². The molecule has 0 aromatic heterocycles. The first kappa shape index (κ1) is 11.8. The SMILES string of the molecule is Cc1cc(C(=O)N2Cc3ccccc3C2)ccc1N. The Labute approximate surface area is 112 Å². The minimum absolute atomic E-state index is 0.0688. The van der Waals surface area contributed by atoms with Crippen molar-refractivity contribution in [2.75, 3.05) is 5.73 Å². The lowest BCUT2D eigenvalue weighted by Crippen LogP contribution is -2.25. The van der Waals surface area contributed by atoms with Gasteiger partial charge in [0.25, 0.3) is 5.91 Å². The highest BCUT2D eigenvalue weighted by molar-refractivity contribution is 5.95. The second-order valence-corrected chi connectivity index (χ2v) is 5.00. The molecular weight excluding hydrogens is 236 g/mol. The number of nitrogens with two attached hydrogens (primary N) is 1. The molecule has 0 radical (unpaired) electrons. The average molecular weight is 252 g/mol. The summed E-state index contributed by atoms with van der Waals surface area (Å²) in [6.07, 6.45) is 0. The molecule has 1 aliphatic rings. The normalized spacial score (nSPS) is 13.4. The number of fused-ring (bicyclic) bond motifs is 1. The van der Waals surface area contributed by atoms with Crippen LogP contribution in [0.4, 0.5) is 5.69 Å². The maximum Gasteiger partial charge on any atom is 0.254 e. The van der Waals surface area contributed by atoms with Crippen molar-refractivity contribution in [3.63, 3.8) is 0 Å². The maximum absolute atomic E-state index is 12.5. The molecule has 2 aromatic rings. The summed E-state index contributed by atoms with van der Waals surface area (Å²) >= 11 is 0. The van der Waals surface area contributed by atoms with Gasteiger partial charge in [-0.05, 0) is 41.8 Å². The summed E-state index contributed by atoms with van der Waals surface area (Å²) in [5.41, 5.74) is 10.6. The van der Waals surface area contributed by atoms with Crippen LogP contribution in [-0.2, 0) is 13.1 Å². The number of amides is 1. The predicted octanol–water partition coefficient (Wildman–Crippen LogP) is 2.73. The molecule has 19 heavy (non-hydrogen) atoms. The standard InChI is InChI=1S/C16H16N2O/c1-11-8-12(6-7-15(11)17)16(19)18-9-13-4-2-3-5-14(13)10-18/h2-8H,9-10,17H2,1H3. The van der Waals surface area contributed by atoms with E-state index in [0.717, 1.165) is 11.3 Å². The molecule has 0 aliphatic carbocycles. The van der Waals surface area contributed by atoms with Gasteiger partial charge in [0.15, 0.2) is 0 Å². The molecule has 0 fully saturated rings. The largest absolute Gasteiger partial charge is 0.399 e. The van der Waals surface area contributed by atoms with Crippen LogP contribution in [0.1, 0.15) is 27.0 Å². The summed E-state index contributed by atoms with van der Waals surface area (Å²) in [6.45, 7) is 3.31. The van der Waals surface area contributed by atoms with Crippen LogP contribution < -0.4 is 5.73 Å². The first-order chi connectivity index (χ1) is 9.15. The highest BCUT2D eigenvalue weighted by Gasteiger charge is 2.23. The number of nitrogens with zero attached hydrogens (tertiary/aromatic N) is 1. The fourth-order valence-corrected chi connectivity index (χ4v) is 2.47. The van der Waals surface area contributed by atoms with Crippen molar-refractivity contribution in [1.29, 1.82) is 0 Å². The molecule has 0 spiro atoms. The Morgan fingerprint density at radius 1 is 1.11 bits per heavy atom. The van der Waals surface area contributed by atoms with Gasteiger partial charge in [-0.25, -0.2) is 0 Å². The fourth-order valence-electron chi connectivity index (χ4n) is 2.47. The smallest absolute Gasteiger partial charge is 0.254 e. The Bertz CT molecular complexity index is 624. The van der Waals surface area contributed by atoms with Gasteiger partial charge in [0.2, 0.25) is 0 Å². The van der Waals surface area contributed by atoms with Crippen LogP contribution in [0.3, 0.4) is 0 Å². The van der Waals surface area contributed by atoms with E-state index in [4.69, 9.17) is 5.73 Å². The molecule has 1 heterocycles. The zero-order valence-electron chi connectivity index (χ0n) is 10.9. The summed E-state index contributed by atoms with van der Waals surface area (Å²) in [5, 5.41) is 0. The van der Waals surface area contributed by atoms with E-state index >= 15 is 0 Å². The van der Waals surface area contributed by atoms with Crippen LogP contribution >= 0.6 is 0 Å². The molecule has 1 amide bonds. The van der Waals surface area contributed by atoms with Gasteiger partial charge in [-0.2, -0.15) is 0 Å². The summed E-state index contributed by atoms with van der Waals surface area (Å²) in [5.74, 6) is 0.0688. The molecule has 3 heteroatoms. The Morgan fingerprint density at radius 2 is 1.74 bits per heavy atom. The highest BCUT2D eigenvalue weighted by Crippen LogP contribution is 2.24. The van der Waals surface area contributed by atoms with Crippen molar-refractivity contribution in [1.82, 2.24) is 4.90 Å². The Balaban J connectivity index is 1.85. The molecule has 2 aromatic carbocycles. The van der Waals surface area contributed by atoms with Gasteiger partial charge in [0.1, 0.15) is 0 Å². The minimum atomic E-state index is 0.0688. The van der Waals surface area contributed by atoms with Crippen LogP contribution in [-0.4, -0.2) is 10.8 Å². The number of rotatable bonds is 1. The van der Waals surface area contributed by atoms with Crippen molar-refractivity contribution in [3.8, 4) is 0 Å². The van der Waals surface area contributed by atoms with E-state index < -0.39 is 0 Å². The van der Waals surface area contributed by atoms with Crippen molar-refractivity contribution >= 4 is 11.6 Å². The van der Waals surface area contributed by atoms with Crippen LogP contribution in [0, 0.1) is 6.92 Å². The Morgan fingerprint density at radius 3 is 2.32 bits per heavy atom. The van der Waals surface area contributed by atoms with Crippen LogP contribution in [0.25, 0.3) is 0 Å². The topological polar surface area (TPSA) is 46.3 Å². The number of benzene rings is 2. The van der Waals surface area contributed by atoms with E-state index in [0.29, 0.717) is 18.7 Å². The third-order valence-corrected chi connectivity index (χ3v) is 3.64. The van der Waals surface area contributed by atoms with Gasteiger partial charge < -0.3 is 10.6 Å². The van der Waals surface area contributed by atoms with Crippen LogP contribution in [0.15, 0.2) is 42.5 Å². The lowest BCUT2D eigenvalue weighted by Gasteiger charge is -2.16. The van der Waals surface area contributed by atoms with Crippen LogP contribution in [0.2, 0.25) is 0 Å². The first-order valence-electron chi connectivity index (χ1n) is 6.37. The molecule has 1 aliphatic heterocycles. The highest BCUT2D eigenvalue weighted by atomic mass is 16.2. The predicted molar refractivity (Wildman–Crippen MR) is 75.6 cm³/mol. The zero-order valence-corrected chi connectivity index (χ0v) is 10.9. The molecule has 0 bridgehead atoms. The molecule has 0 saturated carbocycles. The van der Waals surface area contributed by atoms with E-state index in [1.54, 1.807) is 12.1 Å². The molecule has 96 valence electrons. The number of nitrogen functional groups attached to an aromatic ring is 1. The molecule has 0 saturated heterocycles. The van der Waals surface area contributed by atoms with Crippen molar-refractivity contribution in [3.05, 3.63) is 64.7 Å². The van der Waals surface area contributed by atoms with Gasteiger partial charge in [0, 0.05) is 24.3 Å². The number of hydrogen-bond donors (Lipinski definition) is 1. The third-order valence-electron chi connectivity index (χ3n) is 3.64. The monoisotopic (exact) mass is 252 g/mol. The summed E-state index contributed by atoms with van der Waals surface area (Å²) in [6, 6.07) is 13.6. The molecule has 0 unspecified atom stereocenters. The maximum atomic E-state index is 12.5. The molecule has 2 N–H and O–H groups in total. The van der Waals surface area contributed by atoms with Gasteiger partial charge in [-0.3, -0.25) is 4.79 Å². The Hall–Kier alpha value is -2.29. The zero-order chi connectivity index (χ0) is 13.4. The van der Waals surface area contributed by atoms with Crippen molar-refractivity contribution < 1.29 is 4.79 Å². The number of carbonyl (C=O) groups excluding carboxylic acids is 1. The van der Waals surface area contributed by atoms with E-state index in [9.17, 15) is 4.79 Å². The van der Waals surface area contributed by atoms with Crippen LogP contribution in [0.5, 0.6) is 0 Å². The van der Waals surface area contributed by atoms with Crippen molar-refractivity contribution in [2.24, 2.45) is 0 Å². The third kappa shape index (κ3) is 2.08. The van der Waals surface area contributed by atoms with Crippen molar-refractivity contribution in [2.45, 2.75) is 20.0 Å².